The Kier molecular flexibility index (Phi) is 6.87. The number of nitrogens with one attached hydrogen (secondary N) is 1. The Morgan fingerprint density at radius 3 is 2.23 bits per heavy atom. The Hall–Kier alpha value is -2.26. The fourth-order valence-corrected chi connectivity index (χ4v) is 2.22. The molecule has 9 heteroatoms. The molecule has 0 fully saturated rings. The lowest BCUT2D eigenvalue weighted by molar-refractivity contribution is -0.274. The number of alkyl halides is 3. The van der Waals surface area contributed by atoms with E-state index in [-0.39, 0.29) is 18.9 Å². The molecule has 2 rings (SSSR count). The maximum atomic E-state index is 12.1. The molecule has 1 amide bonds. The lowest BCUT2D eigenvalue weighted by Crippen LogP contribution is -2.32. The topological polar surface area (TPSA) is 67.8 Å². The van der Waals surface area contributed by atoms with Crippen molar-refractivity contribution < 1.29 is 32.5 Å². The van der Waals surface area contributed by atoms with Gasteiger partial charge in [0.15, 0.2) is 6.61 Å². The molecule has 5 nitrogen and oxygen atoms in total. The van der Waals surface area contributed by atoms with Gasteiger partial charge in [0.1, 0.15) is 11.5 Å². The van der Waals surface area contributed by atoms with Gasteiger partial charge in [-0.1, -0.05) is 28.1 Å². The van der Waals surface area contributed by atoms with Gasteiger partial charge in [0.2, 0.25) is 0 Å². The maximum Gasteiger partial charge on any atom is 0.573 e. The second-order valence-electron chi connectivity index (χ2n) is 5.18. The summed E-state index contributed by atoms with van der Waals surface area (Å²) < 4.78 is 46.2. The summed E-state index contributed by atoms with van der Waals surface area (Å²) >= 11 is 3.28. The number of hydrogen-bond acceptors (Lipinski definition) is 4. The lowest BCUT2D eigenvalue weighted by atomic mass is 10.1. The van der Waals surface area contributed by atoms with Crippen molar-refractivity contribution >= 4 is 21.8 Å². The number of carbonyl (C=O) groups excluding carboxylic acids is 1. The Bertz CT molecular complexity index is 720. The number of carbonyl (C=O) groups is 1. The van der Waals surface area contributed by atoms with Crippen molar-refractivity contribution in [2.24, 2.45) is 0 Å². The third-order valence-electron chi connectivity index (χ3n) is 3.17. The van der Waals surface area contributed by atoms with Gasteiger partial charge < -0.3 is 19.9 Å². The SMILES string of the molecule is O=C(COc1ccc(Br)cc1)NCC(O)c1ccc(OC(F)(F)F)cc1. The molecule has 0 radical (unpaired) electrons. The summed E-state index contributed by atoms with van der Waals surface area (Å²) in [7, 11) is 0. The molecule has 140 valence electrons. The quantitative estimate of drug-likeness (QED) is 0.700. The lowest BCUT2D eigenvalue weighted by Gasteiger charge is -2.14. The zero-order chi connectivity index (χ0) is 19.2. The smallest absolute Gasteiger partial charge is 0.484 e. The van der Waals surface area contributed by atoms with E-state index < -0.39 is 18.4 Å². The molecule has 0 heterocycles. The van der Waals surface area contributed by atoms with Crippen LogP contribution in [0.2, 0.25) is 0 Å². The van der Waals surface area contributed by atoms with Crippen molar-refractivity contribution in [3.05, 3.63) is 58.6 Å². The second kappa shape index (κ2) is 8.91. The molecule has 0 saturated heterocycles. The predicted molar refractivity (Wildman–Crippen MR) is 90.7 cm³/mol. The molecule has 0 bridgehead atoms. The van der Waals surface area contributed by atoms with Crippen molar-refractivity contribution in [2.75, 3.05) is 13.2 Å². The number of aliphatic hydroxyl groups excluding tert-OH is 1. The number of benzene rings is 2. The number of hydrogen-bond donors (Lipinski definition) is 2. The van der Waals surface area contributed by atoms with Crippen molar-refractivity contribution in [3.63, 3.8) is 0 Å². The highest BCUT2D eigenvalue weighted by atomic mass is 79.9. The minimum atomic E-state index is -4.77. The first kappa shape index (κ1) is 20.1. The van der Waals surface area contributed by atoms with Crippen molar-refractivity contribution in [1.82, 2.24) is 5.32 Å². The van der Waals surface area contributed by atoms with E-state index in [0.717, 1.165) is 16.6 Å². The Labute approximate surface area is 155 Å². The summed E-state index contributed by atoms with van der Waals surface area (Å²) in [5.74, 6) is -0.312. The van der Waals surface area contributed by atoms with Gasteiger partial charge in [0, 0.05) is 11.0 Å². The van der Waals surface area contributed by atoms with Crippen LogP contribution in [-0.2, 0) is 4.79 Å². The second-order valence-corrected chi connectivity index (χ2v) is 6.09. The monoisotopic (exact) mass is 433 g/mol. The third-order valence-corrected chi connectivity index (χ3v) is 3.70. The summed E-state index contributed by atoms with van der Waals surface area (Å²) in [6.07, 6.45) is -5.85. The molecular weight excluding hydrogens is 419 g/mol. The standard InChI is InChI=1S/C17H15BrF3NO4/c18-12-3-7-13(8-4-12)25-10-16(24)22-9-15(23)11-1-5-14(6-2-11)26-17(19,20)21/h1-8,15,23H,9-10H2,(H,22,24). The van der Waals surface area contributed by atoms with Gasteiger partial charge in [-0.15, -0.1) is 13.2 Å². The van der Waals surface area contributed by atoms with E-state index in [1.165, 1.54) is 12.1 Å². The van der Waals surface area contributed by atoms with Crippen molar-refractivity contribution in [2.45, 2.75) is 12.5 Å². The van der Waals surface area contributed by atoms with Gasteiger partial charge in [-0.2, -0.15) is 0 Å². The summed E-state index contributed by atoms with van der Waals surface area (Å²) in [4.78, 5) is 11.7. The van der Waals surface area contributed by atoms with E-state index in [1.807, 2.05) is 0 Å². The van der Waals surface area contributed by atoms with Crippen LogP contribution in [0.1, 0.15) is 11.7 Å². The molecule has 26 heavy (non-hydrogen) atoms. The summed E-state index contributed by atoms with van der Waals surface area (Å²) in [5, 5.41) is 12.5. The van der Waals surface area contributed by atoms with E-state index in [1.54, 1.807) is 24.3 Å². The minimum absolute atomic E-state index is 0.109. The normalized spacial score (nSPS) is 12.3. The van der Waals surface area contributed by atoms with Crippen LogP contribution >= 0.6 is 15.9 Å². The predicted octanol–water partition coefficient (Wildman–Crippen LogP) is 3.58. The van der Waals surface area contributed by atoms with E-state index in [4.69, 9.17) is 4.74 Å². The average molecular weight is 434 g/mol. The molecule has 0 spiro atoms. The number of ether oxygens (including phenoxy) is 2. The van der Waals surface area contributed by atoms with Crippen LogP contribution in [-0.4, -0.2) is 30.5 Å². The zero-order valence-corrected chi connectivity index (χ0v) is 14.9. The molecule has 2 aromatic rings. The highest BCUT2D eigenvalue weighted by molar-refractivity contribution is 9.10. The van der Waals surface area contributed by atoms with Crippen molar-refractivity contribution in [1.29, 1.82) is 0 Å². The fourth-order valence-electron chi connectivity index (χ4n) is 1.95. The number of halogens is 4. The number of rotatable bonds is 7. The zero-order valence-electron chi connectivity index (χ0n) is 13.3. The van der Waals surface area contributed by atoms with Gasteiger partial charge in [-0.3, -0.25) is 4.79 Å². The summed E-state index contributed by atoms with van der Waals surface area (Å²) in [5.41, 5.74) is 0.341. The molecule has 0 aliphatic rings. The number of amides is 1. The van der Waals surface area contributed by atoms with E-state index in [9.17, 15) is 23.1 Å². The molecular formula is C17H15BrF3NO4. The van der Waals surface area contributed by atoms with Crippen LogP contribution in [0.3, 0.4) is 0 Å². The fraction of sp³-hybridized carbons (Fsp3) is 0.235. The van der Waals surface area contributed by atoms with Crippen LogP contribution in [0.25, 0.3) is 0 Å². The molecule has 2 N–H and O–H groups in total. The van der Waals surface area contributed by atoms with Gasteiger partial charge in [0.25, 0.3) is 5.91 Å². The Balaban J connectivity index is 1.77. The maximum absolute atomic E-state index is 12.1. The Morgan fingerprint density at radius 2 is 1.65 bits per heavy atom. The average Bonchev–Trinajstić information content (AvgIpc) is 2.58. The van der Waals surface area contributed by atoms with Gasteiger partial charge in [0.05, 0.1) is 6.10 Å². The third kappa shape index (κ3) is 6.93. The van der Waals surface area contributed by atoms with Crippen LogP contribution in [0, 0.1) is 0 Å². The largest absolute Gasteiger partial charge is 0.573 e. The molecule has 0 aliphatic heterocycles. The van der Waals surface area contributed by atoms with Crippen LogP contribution in [0.5, 0.6) is 11.5 Å². The first-order chi connectivity index (χ1) is 12.2. The van der Waals surface area contributed by atoms with Crippen LogP contribution < -0.4 is 14.8 Å². The van der Waals surface area contributed by atoms with Gasteiger partial charge in [-0.05, 0) is 42.0 Å². The van der Waals surface area contributed by atoms with Crippen molar-refractivity contribution in [3.8, 4) is 11.5 Å². The molecule has 1 unspecified atom stereocenters. The molecule has 0 aliphatic carbocycles. The van der Waals surface area contributed by atoms with E-state index in [2.05, 4.69) is 26.0 Å². The minimum Gasteiger partial charge on any atom is -0.484 e. The highest BCUT2D eigenvalue weighted by Gasteiger charge is 2.31. The first-order valence-corrected chi connectivity index (χ1v) is 8.21. The van der Waals surface area contributed by atoms with E-state index in [0.29, 0.717) is 11.3 Å². The van der Waals surface area contributed by atoms with Gasteiger partial charge in [-0.25, -0.2) is 0 Å². The van der Waals surface area contributed by atoms with Gasteiger partial charge >= 0.3 is 6.36 Å². The molecule has 0 saturated carbocycles. The van der Waals surface area contributed by atoms with Crippen LogP contribution in [0.15, 0.2) is 53.0 Å². The molecule has 1 atom stereocenters. The summed E-state index contributed by atoms with van der Waals surface area (Å²) in [6, 6.07) is 11.7. The molecule has 0 aromatic heterocycles. The molecule has 2 aromatic carbocycles. The van der Waals surface area contributed by atoms with Crippen LogP contribution in [0.4, 0.5) is 13.2 Å². The Morgan fingerprint density at radius 1 is 1.08 bits per heavy atom. The highest BCUT2D eigenvalue weighted by Crippen LogP contribution is 2.24. The number of aliphatic hydroxyl groups is 1. The summed E-state index contributed by atoms with van der Waals surface area (Å²) in [6.45, 7) is -0.339. The van der Waals surface area contributed by atoms with E-state index >= 15 is 0 Å². The first-order valence-electron chi connectivity index (χ1n) is 7.42.